The lowest BCUT2D eigenvalue weighted by molar-refractivity contribution is 0.0638. The highest BCUT2D eigenvalue weighted by atomic mass is 35.5. The quantitative estimate of drug-likeness (QED) is 0.748. The van der Waals surface area contributed by atoms with Crippen LogP contribution in [-0.4, -0.2) is 60.9 Å². The number of benzene rings is 2. The van der Waals surface area contributed by atoms with Gasteiger partial charge in [0.05, 0.1) is 5.56 Å². The van der Waals surface area contributed by atoms with Gasteiger partial charge in [-0.05, 0) is 29.8 Å². The maximum Gasteiger partial charge on any atom is 0.254 e. The molecule has 1 saturated heterocycles. The summed E-state index contributed by atoms with van der Waals surface area (Å²) in [7, 11) is 0. The third-order valence-corrected chi connectivity index (χ3v) is 4.93. The van der Waals surface area contributed by atoms with Crippen LogP contribution in [-0.2, 0) is 6.54 Å². The fourth-order valence-corrected chi connectivity index (χ4v) is 3.21. The fourth-order valence-electron chi connectivity index (χ4n) is 3.21. The van der Waals surface area contributed by atoms with Crippen LogP contribution in [0.4, 0.5) is 4.39 Å². The van der Waals surface area contributed by atoms with Gasteiger partial charge >= 0.3 is 0 Å². The van der Waals surface area contributed by atoms with Crippen molar-refractivity contribution in [3.8, 4) is 0 Å². The average Bonchev–Trinajstić information content (AvgIpc) is 2.74. The molecule has 6 nitrogen and oxygen atoms in total. The van der Waals surface area contributed by atoms with E-state index >= 15 is 0 Å². The molecule has 29 heavy (non-hydrogen) atoms. The number of nitrogens with two attached hydrogens (primary N) is 1. The zero-order chi connectivity index (χ0) is 19.9. The van der Waals surface area contributed by atoms with E-state index in [0.29, 0.717) is 38.3 Å². The molecule has 0 bridgehead atoms. The molecule has 3 rings (SSSR count). The molecule has 1 heterocycles. The number of amides is 2. The van der Waals surface area contributed by atoms with Crippen LogP contribution in [0.3, 0.4) is 0 Å². The molecular weight excluding hydrogens is 395 g/mol. The van der Waals surface area contributed by atoms with Crippen molar-refractivity contribution in [3.63, 3.8) is 0 Å². The van der Waals surface area contributed by atoms with Crippen LogP contribution < -0.4 is 11.1 Å². The molecule has 2 aromatic rings. The summed E-state index contributed by atoms with van der Waals surface area (Å²) in [5.41, 5.74) is 7.31. The number of halogens is 2. The van der Waals surface area contributed by atoms with Crippen molar-refractivity contribution < 1.29 is 14.0 Å². The smallest absolute Gasteiger partial charge is 0.254 e. The second-order valence-corrected chi connectivity index (χ2v) is 6.77. The molecule has 8 heteroatoms. The maximum absolute atomic E-state index is 13.6. The number of carbonyl (C=O) groups is 2. The molecule has 0 radical (unpaired) electrons. The Hall–Kier alpha value is -2.48. The molecule has 2 amide bonds. The largest absolute Gasteiger partial charge is 0.351 e. The molecule has 1 aliphatic heterocycles. The normalized spacial score (nSPS) is 14.2. The minimum Gasteiger partial charge on any atom is -0.351 e. The van der Waals surface area contributed by atoms with E-state index in [2.05, 4.69) is 10.2 Å². The second-order valence-electron chi connectivity index (χ2n) is 6.77. The molecule has 1 aliphatic rings. The lowest BCUT2D eigenvalue weighted by atomic mass is 10.1. The third kappa shape index (κ3) is 6.00. The predicted molar refractivity (Wildman–Crippen MR) is 113 cm³/mol. The Morgan fingerprint density at radius 1 is 1.00 bits per heavy atom. The Labute approximate surface area is 176 Å². The summed E-state index contributed by atoms with van der Waals surface area (Å²) < 4.78 is 13.6. The molecular formula is C21H26ClFN4O2. The van der Waals surface area contributed by atoms with Gasteiger partial charge in [-0.1, -0.05) is 24.3 Å². The van der Waals surface area contributed by atoms with Crippen molar-refractivity contribution in [2.45, 2.75) is 6.54 Å². The summed E-state index contributed by atoms with van der Waals surface area (Å²) in [6, 6.07) is 13.3. The molecule has 0 saturated carbocycles. The van der Waals surface area contributed by atoms with Crippen molar-refractivity contribution in [3.05, 3.63) is 71.0 Å². The van der Waals surface area contributed by atoms with Crippen LogP contribution in [0.2, 0.25) is 0 Å². The van der Waals surface area contributed by atoms with Gasteiger partial charge in [-0.2, -0.15) is 0 Å². The lowest BCUT2D eigenvalue weighted by Gasteiger charge is -2.34. The van der Waals surface area contributed by atoms with Gasteiger partial charge in [-0.25, -0.2) is 4.39 Å². The monoisotopic (exact) mass is 420 g/mol. The van der Waals surface area contributed by atoms with Crippen LogP contribution in [0.1, 0.15) is 26.3 Å². The van der Waals surface area contributed by atoms with Gasteiger partial charge in [0.15, 0.2) is 0 Å². The summed E-state index contributed by atoms with van der Waals surface area (Å²) in [5.74, 6) is -0.907. The van der Waals surface area contributed by atoms with Gasteiger partial charge in [0.2, 0.25) is 0 Å². The van der Waals surface area contributed by atoms with Crippen LogP contribution >= 0.6 is 12.4 Å². The highest BCUT2D eigenvalue weighted by molar-refractivity contribution is 5.94. The van der Waals surface area contributed by atoms with Gasteiger partial charge in [-0.15, -0.1) is 12.4 Å². The molecule has 3 N–H and O–H groups in total. The number of hydrogen-bond donors (Lipinski definition) is 2. The SMILES string of the molecule is Cl.NCc1ccc(C(=O)N2CCN(CCNC(=O)c3ccccc3F)CC2)cc1. The predicted octanol–water partition coefficient (Wildman–Crippen LogP) is 1.89. The summed E-state index contributed by atoms with van der Waals surface area (Å²) >= 11 is 0. The first-order valence-corrected chi connectivity index (χ1v) is 9.42. The number of nitrogens with one attached hydrogen (secondary N) is 1. The lowest BCUT2D eigenvalue weighted by Crippen LogP contribution is -2.50. The van der Waals surface area contributed by atoms with Gasteiger partial charge < -0.3 is 16.0 Å². The van der Waals surface area contributed by atoms with Gasteiger partial charge in [-0.3, -0.25) is 14.5 Å². The van der Waals surface area contributed by atoms with E-state index in [-0.39, 0.29) is 23.9 Å². The highest BCUT2D eigenvalue weighted by Crippen LogP contribution is 2.10. The first-order chi connectivity index (χ1) is 13.6. The van der Waals surface area contributed by atoms with Crippen molar-refractivity contribution in [1.29, 1.82) is 0 Å². The zero-order valence-electron chi connectivity index (χ0n) is 16.1. The van der Waals surface area contributed by atoms with E-state index < -0.39 is 11.7 Å². The second kappa shape index (κ2) is 10.9. The van der Waals surface area contributed by atoms with E-state index in [9.17, 15) is 14.0 Å². The molecule has 1 fully saturated rings. The minimum atomic E-state index is -0.522. The summed E-state index contributed by atoms with van der Waals surface area (Å²) in [4.78, 5) is 28.6. The summed E-state index contributed by atoms with van der Waals surface area (Å²) in [6.07, 6.45) is 0. The number of nitrogens with zero attached hydrogens (tertiary/aromatic N) is 2. The van der Waals surface area contributed by atoms with Crippen LogP contribution in [0.15, 0.2) is 48.5 Å². The number of rotatable bonds is 6. The molecule has 0 spiro atoms. The molecule has 2 aromatic carbocycles. The third-order valence-electron chi connectivity index (χ3n) is 4.93. The Morgan fingerprint density at radius 2 is 1.66 bits per heavy atom. The van der Waals surface area contributed by atoms with Crippen LogP contribution in [0.25, 0.3) is 0 Å². The maximum atomic E-state index is 13.6. The summed E-state index contributed by atoms with van der Waals surface area (Å²) in [6.45, 7) is 4.30. The Balaban J connectivity index is 0.00000300. The van der Waals surface area contributed by atoms with E-state index in [0.717, 1.165) is 18.7 Å². The number of hydrogen-bond acceptors (Lipinski definition) is 4. The average molecular weight is 421 g/mol. The Morgan fingerprint density at radius 3 is 2.28 bits per heavy atom. The first kappa shape index (κ1) is 22.8. The number of carbonyl (C=O) groups excluding carboxylic acids is 2. The topological polar surface area (TPSA) is 78.7 Å². The van der Waals surface area contributed by atoms with Gasteiger partial charge in [0, 0.05) is 51.4 Å². The number of piperazine rings is 1. The van der Waals surface area contributed by atoms with Crippen LogP contribution in [0.5, 0.6) is 0 Å². The first-order valence-electron chi connectivity index (χ1n) is 9.42. The van der Waals surface area contributed by atoms with Gasteiger partial charge in [0.25, 0.3) is 11.8 Å². The fraction of sp³-hybridized carbons (Fsp3) is 0.333. The molecule has 0 aromatic heterocycles. The standard InChI is InChI=1S/C21H25FN4O2.ClH/c22-19-4-2-1-3-18(19)20(27)24-9-10-25-11-13-26(14-12-25)21(28)17-7-5-16(15-23)6-8-17;/h1-8H,9-15,23H2,(H,24,27);1H. The van der Waals surface area contributed by atoms with Gasteiger partial charge in [0.1, 0.15) is 5.82 Å². The highest BCUT2D eigenvalue weighted by Gasteiger charge is 2.22. The summed E-state index contributed by atoms with van der Waals surface area (Å²) in [5, 5.41) is 2.75. The zero-order valence-corrected chi connectivity index (χ0v) is 17.0. The molecule has 0 atom stereocenters. The Bertz CT molecular complexity index is 824. The van der Waals surface area contributed by atoms with E-state index in [1.165, 1.54) is 12.1 Å². The molecule has 0 unspecified atom stereocenters. The Kier molecular flexibility index (Phi) is 8.57. The van der Waals surface area contributed by atoms with Crippen molar-refractivity contribution in [2.75, 3.05) is 39.3 Å². The van der Waals surface area contributed by atoms with Crippen molar-refractivity contribution in [2.24, 2.45) is 5.73 Å². The minimum absolute atomic E-state index is 0. The van der Waals surface area contributed by atoms with Crippen LogP contribution in [0, 0.1) is 5.82 Å². The molecule has 156 valence electrons. The van der Waals surface area contributed by atoms with E-state index in [4.69, 9.17) is 5.73 Å². The van der Waals surface area contributed by atoms with E-state index in [1.807, 2.05) is 29.2 Å². The molecule has 0 aliphatic carbocycles. The van der Waals surface area contributed by atoms with Crippen molar-refractivity contribution >= 4 is 24.2 Å². The van der Waals surface area contributed by atoms with E-state index in [1.54, 1.807) is 12.1 Å². The van der Waals surface area contributed by atoms with Crippen molar-refractivity contribution in [1.82, 2.24) is 15.1 Å².